The quantitative estimate of drug-likeness (QED) is 0.705. The van der Waals surface area contributed by atoms with Gasteiger partial charge in [-0.05, 0) is 62.3 Å². The summed E-state index contributed by atoms with van der Waals surface area (Å²) in [6.45, 7) is 1.01. The SMILES string of the molecule is CS(=O)(=O)C1(C(=O)Nc2ccc(-c3cc4ccccc4o3)cc2)CCNCC1. The number of fused-ring (bicyclic) bond motifs is 1. The molecule has 2 aromatic carbocycles. The smallest absolute Gasteiger partial charge is 0.245 e. The molecular formula is C21H22N2O4S. The van der Waals surface area contributed by atoms with Crippen molar-refractivity contribution >= 4 is 32.4 Å². The topological polar surface area (TPSA) is 88.4 Å². The second kappa shape index (κ2) is 7.07. The molecule has 3 aromatic rings. The lowest BCUT2D eigenvalue weighted by molar-refractivity contribution is -0.119. The highest BCUT2D eigenvalue weighted by atomic mass is 32.2. The maximum atomic E-state index is 12.9. The Hall–Kier alpha value is -2.64. The van der Waals surface area contributed by atoms with Gasteiger partial charge in [0.25, 0.3) is 0 Å². The van der Waals surface area contributed by atoms with Crippen molar-refractivity contribution in [1.82, 2.24) is 5.32 Å². The number of furan rings is 1. The van der Waals surface area contributed by atoms with Crippen LogP contribution < -0.4 is 10.6 Å². The summed E-state index contributed by atoms with van der Waals surface area (Å²) < 4.78 is 29.2. The molecule has 0 aliphatic carbocycles. The highest BCUT2D eigenvalue weighted by Crippen LogP contribution is 2.31. The number of rotatable bonds is 4. The highest BCUT2D eigenvalue weighted by Gasteiger charge is 2.48. The third kappa shape index (κ3) is 3.31. The molecule has 0 atom stereocenters. The van der Waals surface area contributed by atoms with Crippen LogP contribution >= 0.6 is 0 Å². The van der Waals surface area contributed by atoms with E-state index in [1.54, 1.807) is 12.1 Å². The van der Waals surface area contributed by atoms with Crippen molar-refractivity contribution in [2.24, 2.45) is 0 Å². The molecule has 146 valence electrons. The number of amides is 1. The van der Waals surface area contributed by atoms with E-state index in [4.69, 9.17) is 4.42 Å². The van der Waals surface area contributed by atoms with Gasteiger partial charge in [0.15, 0.2) is 14.6 Å². The molecule has 1 aliphatic rings. The summed E-state index contributed by atoms with van der Waals surface area (Å²) >= 11 is 0. The van der Waals surface area contributed by atoms with Crippen molar-refractivity contribution in [2.75, 3.05) is 24.7 Å². The molecule has 1 fully saturated rings. The van der Waals surface area contributed by atoms with Gasteiger partial charge in [0.05, 0.1) is 0 Å². The van der Waals surface area contributed by atoms with E-state index in [2.05, 4.69) is 10.6 Å². The second-order valence-corrected chi connectivity index (χ2v) is 9.52. The molecule has 0 saturated carbocycles. The average molecular weight is 398 g/mol. The zero-order chi connectivity index (χ0) is 19.8. The predicted octanol–water partition coefficient (Wildman–Crippen LogP) is 3.21. The van der Waals surface area contributed by atoms with E-state index in [1.807, 2.05) is 42.5 Å². The van der Waals surface area contributed by atoms with Crippen LogP contribution in [0.5, 0.6) is 0 Å². The van der Waals surface area contributed by atoms with E-state index in [-0.39, 0.29) is 12.8 Å². The van der Waals surface area contributed by atoms with E-state index < -0.39 is 20.5 Å². The lowest BCUT2D eigenvalue weighted by atomic mass is 9.95. The number of piperidine rings is 1. The second-order valence-electron chi connectivity index (χ2n) is 7.20. The standard InChI is InChI=1S/C21H22N2O4S/c1-28(25,26)21(10-12-22-13-11-21)20(24)23-17-8-6-15(7-9-17)19-14-16-4-2-3-5-18(16)27-19/h2-9,14,22H,10-13H2,1H3,(H,23,24). The van der Waals surface area contributed by atoms with Crippen LogP contribution in [0.15, 0.2) is 59.0 Å². The van der Waals surface area contributed by atoms with Gasteiger partial charge in [-0.1, -0.05) is 18.2 Å². The average Bonchev–Trinajstić information content (AvgIpc) is 3.12. The Morgan fingerprint density at radius 3 is 2.39 bits per heavy atom. The summed E-state index contributed by atoms with van der Waals surface area (Å²) in [7, 11) is -3.54. The Balaban J connectivity index is 1.56. The van der Waals surface area contributed by atoms with Crippen LogP contribution in [0.1, 0.15) is 12.8 Å². The number of carbonyl (C=O) groups excluding carboxylic acids is 1. The summed E-state index contributed by atoms with van der Waals surface area (Å²) in [6, 6.07) is 17.0. The zero-order valence-electron chi connectivity index (χ0n) is 15.6. The fraction of sp³-hybridized carbons (Fsp3) is 0.286. The lowest BCUT2D eigenvalue weighted by Crippen LogP contribution is -2.55. The zero-order valence-corrected chi connectivity index (χ0v) is 16.4. The van der Waals surface area contributed by atoms with Gasteiger partial charge in [-0.3, -0.25) is 4.79 Å². The summed E-state index contributed by atoms with van der Waals surface area (Å²) in [5, 5.41) is 6.92. The monoisotopic (exact) mass is 398 g/mol. The van der Waals surface area contributed by atoms with Crippen LogP contribution in [0.25, 0.3) is 22.3 Å². The van der Waals surface area contributed by atoms with Gasteiger partial charge in [0.2, 0.25) is 5.91 Å². The number of nitrogens with one attached hydrogen (secondary N) is 2. The number of hydrogen-bond acceptors (Lipinski definition) is 5. The third-order valence-electron chi connectivity index (χ3n) is 5.39. The first-order chi connectivity index (χ1) is 13.4. The number of benzene rings is 2. The first kappa shape index (κ1) is 18.7. The van der Waals surface area contributed by atoms with Gasteiger partial charge in [-0.25, -0.2) is 8.42 Å². The minimum absolute atomic E-state index is 0.273. The van der Waals surface area contributed by atoms with Crippen molar-refractivity contribution in [1.29, 1.82) is 0 Å². The molecule has 28 heavy (non-hydrogen) atoms. The molecule has 0 unspecified atom stereocenters. The van der Waals surface area contributed by atoms with Crippen LogP contribution in [0.3, 0.4) is 0 Å². The molecule has 1 amide bonds. The largest absolute Gasteiger partial charge is 0.456 e. The first-order valence-electron chi connectivity index (χ1n) is 9.20. The molecule has 0 radical (unpaired) electrons. The summed E-state index contributed by atoms with van der Waals surface area (Å²) in [4.78, 5) is 12.9. The Labute approximate surface area is 163 Å². The molecular weight excluding hydrogens is 376 g/mol. The number of hydrogen-bond donors (Lipinski definition) is 2. The van der Waals surface area contributed by atoms with Gasteiger partial charge in [0.1, 0.15) is 11.3 Å². The highest BCUT2D eigenvalue weighted by molar-refractivity contribution is 7.92. The van der Waals surface area contributed by atoms with Crippen molar-refractivity contribution in [3.63, 3.8) is 0 Å². The fourth-order valence-corrected chi connectivity index (χ4v) is 5.02. The van der Waals surface area contributed by atoms with Crippen molar-refractivity contribution in [3.05, 3.63) is 54.6 Å². The van der Waals surface area contributed by atoms with Crippen LogP contribution in [-0.2, 0) is 14.6 Å². The number of carbonyl (C=O) groups is 1. The Morgan fingerprint density at radius 2 is 1.75 bits per heavy atom. The van der Waals surface area contributed by atoms with E-state index in [0.29, 0.717) is 18.8 Å². The van der Waals surface area contributed by atoms with E-state index in [9.17, 15) is 13.2 Å². The third-order valence-corrected chi connectivity index (χ3v) is 7.40. The number of para-hydroxylation sites is 1. The Bertz CT molecular complexity index is 1080. The molecule has 1 aromatic heterocycles. The molecule has 7 heteroatoms. The lowest BCUT2D eigenvalue weighted by Gasteiger charge is -2.34. The molecule has 1 saturated heterocycles. The van der Waals surface area contributed by atoms with E-state index in [1.165, 1.54) is 0 Å². The minimum Gasteiger partial charge on any atom is -0.456 e. The molecule has 0 spiro atoms. The maximum absolute atomic E-state index is 12.9. The van der Waals surface area contributed by atoms with Gasteiger partial charge in [-0.2, -0.15) is 0 Å². The van der Waals surface area contributed by atoms with Gasteiger partial charge in [-0.15, -0.1) is 0 Å². The van der Waals surface area contributed by atoms with Crippen molar-refractivity contribution < 1.29 is 17.6 Å². The Morgan fingerprint density at radius 1 is 1.07 bits per heavy atom. The van der Waals surface area contributed by atoms with Gasteiger partial charge in [0, 0.05) is 22.9 Å². The van der Waals surface area contributed by atoms with Gasteiger partial charge >= 0.3 is 0 Å². The number of sulfone groups is 1. The molecule has 2 heterocycles. The van der Waals surface area contributed by atoms with Crippen molar-refractivity contribution in [3.8, 4) is 11.3 Å². The molecule has 4 rings (SSSR count). The molecule has 6 nitrogen and oxygen atoms in total. The predicted molar refractivity (Wildman–Crippen MR) is 110 cm³/mol. The first-order valence-corrected chi connectivity index (χ1v) is 11.1. The van der Waals surface area contributed by atoms with E-state index in [0.717, 1.165) is 28.5 Å². The summed E-state index contributed by atoms with van der Waals surface area (Å²) in [5.41, 5.74) is 2.26. The van der Waals surface area contributed by atoms with E-state index >= 15 is 0 Å². The summed E-state index contributed by atoms with van der Waals surface area (Å²) in [6.07, 6.45) is 1.69. The minimum atomic E-state index is -3.54. The van der Waals surface area contributed by atoms with Crippen LogP contribution in [-0.4, -0.2) is 38.4 Å². The molecule has 1 aliphatic heterocycles. The maximum Gasteiger partial charge on any atom is 0.245 e. The van der Waals surface area contributed by atoms with Crippen molar-refractivity contribution in [2.45, 2.75) is 17.6 Å². The van der Waals surface area contributed by atoms with Crippen LogP contribution in [0.4, 0.5) is 5.69 Å². The molecule has 0 bridgehead atoms. The Kier molecular flexibility index (Phi) is 4.72. The number of anilines is 1. The normalized spacial score (nSPS) is 16.8. The molecule has 2 N–H and O–H groups in total. The van der Waals surface area contributed by atoms with Crippen LogP contribution in [0, 0.1) is 0 Å². The van der Waals surface area contributed by atoms with Gasteiger partial charge < -0.3 is 15.1 Å². The summed E-state index contributed by atoms with van der Waals surface area (Å²) in [5.74, 6) is 0.276. The van der Waals surface area contributed by atoms with Crippen LogP contribution in [0.2, 0.25) is 0 Å². The fourth-order valence-electron chi connectivity index (χ4n) is 3.68.